The van der Waals surface area contributed by atoms with Gasteiger partial charge in [-0.15, -0.1) is 11.3 Å². The van der Waals surface area contributed by atoms with Crippen molar-refractivity contribution in [2.24, 2.45) is 0 Å². The van der Waals surface area contributed by atoms with Crippen LogP contribution in [0.15, 0.2) is 11.5 Å². The third-order valence-corrected chi connectivity index (χ3v) is 3.49. The second kappa shape index (κ2) is 4.23. The van der Waals surface area contributed by atoms with Gasteiger partial charge in [-0.2, -0.15) is 0 Å². The summed E-state index contributed by atoms with van der Waals surface area (Å²) in [6.45, 7) is 0. The van der Waals surface area contributed by atoms with Gasteiger partial charge in [-0.25, -0.2) is 4.79 Å². The van der Waals surface area contributed by atoms with Gasteiger partial charge < -0.3 is 9.84 Å². The Morgan fingerprint density at radius 1 is 1.59 bits per heavy atom. The number of rotatable bonds is 2. The summed E-state index contributed by atoms with van der Waals surface area (Å²) >= 11 is 1.06. The Kier molecular flexibility index (Phi) is 2.91. The van der Waals surface area contributed by atoms with E-state index in [0.29, 0.717) is 16.7 Å². The number of ketones is 1. The van der Waals surface area contributed by atoms with Gasteiger partial charge in [0.1, 0.15) is 0 Å². The first-order valence-corrected chi connectivity index (χ1v) is 5.57. The summed E-state index contributed by atoms with van der Waals surface area (Å²) in [5.74, 6) is -1.16. The highest BCUT2D eigenvalue weighted by atomic mass is 32.1. The lowest BCUT2D eigenvalue weighted by Crippen LogP contribution is -2.16. The molecule has 0 radical (unpaired) electrons. The van der Waals surface area contributed by atoms with E-state index in [2.05, 4.69) is 4.74 Å². The molecule has 0 aromatic carbocycles. The minimum absolute atomic E-state index is 0.0944. The topological polar surface area (TPSA) is 80.7 Å². The number of allylic oxidation sites excluding steroid dienone is 1. The first-order valence-electron chi connectivity index (χ1n) is 4.69. The minimum Gasteiger partial charge on any atom is -0.465 e. The maximum atomic E-state index is 11.5. The number of thiophene rings is 1. The van der Waals surface area contributed by atoms with Gasteiger partial charge in [-0.1, -0.05) is 0 Å². The molecule has 0 aliphatic heterocycles. The van der Waals surface area contributed by atoms with Crippen molar-refractivity contribution in [2.45, 2.75) is 6.10 Å². The van der Waals surface area contributed by atoms with E-state index < -0.39 is 17.9 Å². The molecule has 17 heavy (non-hydrogen) atoms. The number of aliphatic hydroxyl groups is 1. The summed E-state index contributed by atoms with van der Waals surface area (Å²) in [5, 5.41) is 11.1. The number of aliphatic hydroxyl groups excluding tert-OH is 1. The number of ether oxygens (including phenoxy) is 1. The molecule has 1 aliphatic rings. The van der Waals surface area contributed by atoms with Gasteiger partial charge in [0.15, 0.2) is 18.2 Å². The van der Waals surface area contributed by atoms with Gasteiger partial charge >= 0.3 is 5.97 Å². The van der Waals surface area contributed by atoms with Crippen LogP contribution in [0, 0.1) is 0 Å². The summed E-state index contributed by atoms with van der Waals surface area (Å²) in [6.07, 6.45) is 0.220. The molecular formula is C11H8O5S. The molecule has 0 saturated carbocycles. The van der Waals surface area contributed by atoms with Crippen LogP contribution in [0.1, 0.15) is 26.9 Å². The van der Waals surface area contributed by atoms with E-state index in [0.717, 1.165) is 17.4 Å². The van der Waals surface area contributed by atoms with Gasteiger partial charge in [0.2, 0.25) is 0 Å². The van der Waals surface area contributed by atoms with Crippen molar-refractivity contribution in [3.05, 3.63) is 27.5 Å². The molecule has 0 bridgehead atoms. The van der Waals surface area contributed by atoms with Crippen LogP contribution in [0.3, 0.4) is 0 Å². The fraction of sp³-hybridized carbons (Fsp3) is 0.182. The molecule has 1 unspecified atom stereocenters. The summed E-state index contributed by atoms with van der Waals surface area (Å²) in [6, 6.07) is 0. The predicted octanol–water partition coefficient (Wildman–Crippen LogP) is 0.733. The quantitative estimate of drug-likeness (QED) is 0.620. The summed E-state index contributed by atoms with van der Waals surface area (Å²) < 4.78 is 4.57. The Balaban J connectivity index is 2.65. The zero-order valence-corrected chi connectivity index (χ0v) is 9.61. The third-order valence-electron chi connectivity index (χ3n) is 2.46. The standard InChI is InChI=1S/C11H8O5S/c1-16-11(15)6-4-17-10-8(6)5(3-12)2-7(13)9(10)14/h2-4,9,14H,1H3. The van der Waals surface area contributed by atoms with E-state index in [1.165, 1.54) is 12.5 Å². The largest absolute Gasteiger partial charge is 0.465 e. The Hall–Kier alpha value is -1.79. The molecule has 2 rings (SSSR count). The highest BCUT2D eigenvalue weighted by Gasteiger charge is 2.32. The molecule has 0 spiro atoms. The van der Waals surface area contributed by atoms with E-state index in [1.807, 2.05) is 0 Å². The third kappa shape index (κ3) is 1.71. The van der Waals surface area contributed by atoms with Crippen LogP contribution >= 0.6 is 11.3 Å². The van der Waals surface area contributed by atoms with Crippen molar-refractivity contribution in [2.75, 3.05) is 7.11 Å². The molecule has 1 aliphatic carbocycles. The molecule has 1 aromatic heterocycles. The molecule has 5 nitrogen and oxygen atoms in total. The van der Waals surface area contributed by atoms with Crippen LogP contribution in [0.25, 0.3) is 5.57 Å². The normalized spacial score (nSPS) is 18.4. The van der Waals surface area contributed by atoms with Gasteiger partial charge in [0.05, 0.1) is 12.7 Å². The van der Waals surface area contributed by atoms with Crippen molar-refractivity contribution in [3.63, 3.8) is 0 Å². The van der Waals surface area contributed by atoms with Crippen LogP contribution in [0.5, 0.6) is 0 Å². The van der Waals surface area contributed by atoms with E-state index in [4.69, 9.17) is 0 Å². The van der Waals surface area contributed by atoms with Gasteiger partial charge in [0, 0.05) is 21.4 Å². The van der Waals surface area contributed by atoms with Crippen LogP contribution < -0.4 is 0 Å². The molecule has 6 heteroatoms. The van der Waals surface area contributed by atoms with E-state index in [-0.39, 0.29) is 11.1 Å². The SMILES string of the molecule is COC(=O)c1csc2c1C(C=O)=CC(=O)C2O. The second-order valence-corrected chi connectivity index (χ2v) is 4.31. The molecular weight excluding hydrogens is 244 g/mol. The highest BCUT2D eigenvalue weighted by molar-refractivity contribution is 7.11. The maximum Gasteiger partial charge on any atom is 0.339 e. The van der Waals surface area contributed by atoms with Crippen LogP contribution in [-0.4, -0.2) is 30.3 Å². The predicted molar refractivity (Wildman–Crippen MR) is 59.7 cm³/mol. The average Bonchev–Trinajstić information content (AvgIpc) is 2.77. The maximum absolute atomic E-state index is 11.5. The number of fused-ring (bicyclic) bond motifs is 1. The van der Waals surface area contributed by atoms with E-state index in [1.54, 1.807) is 0 Å². The molecule has 1 aromatic rings. The number of methoxy groups -OCH3 is 1. The Bertz CT molecular complexity index is 540. The van der Waals surface area contributed by atoms with Crippen LogP contribution in [0.2, 0.25) is 0 Å². The number of carbonyl (C=O) groups is 3. The molecule has 0 saturated heterocycles. The molecule has 0 amide bonds. The van der Waals surface area contributed by atoms with E-state index >= 15 is 0 Å². The monoisotopic (exact) mass is 252 g/mol. The van der Waals surface area contributed by atoms with Crippen molar-refractivity contribution < 1.29 is 24.2 Å². The van der Waals surface area contributed by atoms with Crippen LogP contribution in [0.4, 0.5) is 0 Å². The van der Waals surface area contributed by atoms with Gasteiger partial charge in [-0.05, 0) is 6.08 Å². The second-order valence-electron chi connectivity index (χ2n) is 3.40. The van der Waals surface area contributed by atoms with Crippen LogP contribution in [-0.2, 0) is 14.3 Å². The zero-order valence-electron chi connectivity index (χ0n) is 8.80. The number of hydrogen-bond donors (Lipinski definition) is 1. The fourth-order valence-corrected chi connectivity index (χ4v) is 2.71. The smallest absolute Gasteiger partial charge is 0.339 e. The van der Waals surface area contributed by atoms with Crippen molar-refractivity contribution in [1.82, 2.24) is 0 Å². The average molecular weight is 252 g/mol. The van der Waals surface area contributed by atoms with Crippen molar-refractivity contribution >= 4 is 34.9 Å². The highest BCUT2D eigenvalue weighted by Crippen LogP contribution is 2.37. The number of esters is 1. The summed E-state index contributed by atoms with van der Waals surface area (Å²) in [5.41, 5.74) is 0.582. The Labute approximate surface area is 100 Å². The molecule has 1 heterocycles. The van der Waals surface area contributed by atoms with Gasteiger partial charge in [0.25, 0.3) is 0 Å². The number of hydrogen-bond acceptors (Lipinski definition) is 6. The van der Waals surface area contributed by atoms with Crippen molar-refractivity contribution in [1.29, 1.82) is 0 Å². The lowest BCUT2D eigenvalue weighted by Gasteiger charge is -2.15. The lowest BCUT2D eigenvalue weighted by molar-refractivity contribution is -0.122. The summed E-state index contributed by atoms with van der Waals surface area (Å²) in [4.78, 5) is 34.0. The zero-order chi connectivity index (χ0) is 12.6. The number of carbonyl (C=O) groups excluding carboxylic acids is 3. The van der Waals surface area contributed by atoms with Crippen molar-refractivity contribution in [3.8, 4) is 0 Å². The first-order chi connectivity index (χ1) is 8.10. The molecule has 0 fully saturated rings. The van der Waals surface area contributed by atoms with E-state index in [9.17, 15) is 19.5 Å². The Morgan fingerprint density at radius 2 is 2.29 bits per heavy atom. The molecule has 1 atom stereocenters. The first kappa shape index (κ1) is 11.7. The molecule has 88 valence electrons. The minimum atomic E-state index is -1.31. The molecule has 1 N–H and O–H groups in total. The Morgan fingerprint density at radius 3 is 2.88 bits per heavy atom. The van der Waals surface area contributed by atoms with Gasteiger partial charge in [-0.3, -0.25) is 9.59 Å². The lowest BCUT2D eigenvalue weighted by atomic mass is 9.93. The summed E-state index contributed by atoms with van der Waals surface area (Å²) in [7, 11) is 1.22. The number of aldehydes is 1. The fourth-order valence-electron chi connectivity index (χ4n) is 1.66.